The number of aryl methyl sites for hydroxylation is 4. The summed E-state index contributed by atoms with van der Waals surface area (Å²) < 4.78 is 0. The van der Waals surface area contributed by atoms with Crippen molar-refractivity contribution in [1.82, 2.24) is 0 Å². The Balaban J connectivity index is 1.91. The average Bonchev–Trinajstić information content (AvgIpc) is 2.97. The van der Waals surface area contributed by atoms with Crippen molar-refractivity contribution in [3.8, 4) is 0 Å². The minimum Gasteiger partial charge on any atom is -0.246 e. The van der Waals surface area contributed by atoms with Gasteiger partial charge in [0.05, 0.1) is 22.1 Å². The van der Waals surface area contributed by atoms with Crippen molar-refractivity contribution < 1.29 is 0 Å². The van der Waals surface area contributed by atoms with Crippen LogP contribution in [0.3, 0.4) is 0 Å². The predicted octanol–water partition coefficient (Wildman–Crippen LogP) is 8.74. The zero-order valence-electron chi connectivity index (χ0n) is 22.8. The second-order valence-electron chi connectivity index (χ2n) is 10.1. The molecule has 0 radical (unpaired) electrons. The van der Waals surface area contributed by atoms with Gasteiger partial charge in [-0.25, -0.2) is 9.98 Å². The standard InChI is InChI=1S/C36H34N2/c1-5-23-13-9-14-24(6-2)33(23)37-35-29-19-11-17-27-21-22-28-18-12-20-30(32(28)31(27)29)36(35)38-34-25(7-3)15-10-16-26(34)8-4/h9-22H,5-8H2,1-4H3. The van der Waals surface area contributed by atoms with Crippen LogP contribution in [0, 0.1) is 0 Å². The number of hydrogen-bond acceptors (Lipinski definition) is 2. The lowest BCUT2D eigenvalue weighted by Crippen LogP contribution is -2.27. The molecule has 0 spiro atoms. The van der Waals surface area contributed by atoms with E-state index in [1.165, 1.54) is 54.6 Å². The maximum absolute atomic E-state index is 5.55. The summed E-state index contributed by atoms with van der Waals surface area (Å²) in [6.07, 6.45) is 3.78. The van der Waals surface area contributed by atoms with Gasteiger partial charge in [0.15, 0.2) is 0 Å². The normalized spacial score (nSPS) is 12.9. The van der Waals surface area contributed by atoms with Gasteiger partial charge in [0.2, 0.25) is 0 Å². The number of nitrogens with zero attached hydrogens (tertiary/aromatic N) is 2. The Morgan fingerprint density at radius 3 is 1.11 bits per heavy atom. The lowest BCUT2D eigenvalue weighted by atomic mass is 9.93. The monoisotopic (exact) mass is 494 g/mol. The molecule has 0 heterocycles. The van der Waals surface area contributed by atoms with Gasteiger partial charge in [0, 0.05) is 10.8 Å². The van der Waals surface area contributed by atoms with E-state index >= 15 is 0 Å². The molecular formula is C36H34N2. The molecule has 0 aliphatic carbocycles. The Morgan fingerprint density at radius 2 is 0.763 bits per heavy atom. The van der Waals surface area contributed by atoms with Crippen LogP contribution in [0.5, 0.6) is 0 Å². The van der Waals surface area contributed by atoms with Crippen LogP contribution < -0.4 is 10.7 Å². The highest BCUT2D eigenvalue weighted by Gasteiger charge is 2.15. The molecule has 0 fully saturated rings. The summed E-state index contributed by atoms with van der Waals surface area (Å²) in [6, 6.07) is 30.9. The smallest absolute Gasteiger partial charge is 0.0979 e. The summed E-state index contributed by atoms with van der Waals surface area (Å²) in [4.78, 5) is 11.1. The SMILES string of the molecule is CCc1cccc(CC)c1N=c1c(=Nc2c(CC)cccc2CC)c2cccc3ccc4cccc1c4c32. The van der Waals surface area contributed by atoms with Gasteiger partial charge in [0.1, 0.15) is 0 Å². The second-order valence-corrected chi connectivity index (χ2v) is 10.1. The van der Waals surface area contributed by atoms with Gasteiger partial charge in [-0.05, 0) is 69.5 Å². The molecular weight excluding hydrogens is 460 g/mol. The van der Waals surface area contributed by atoms with E-state index in [-0.39, 0.29) is 0 Å². The molecule has 0 N–H and O–H groups in total. The summed E-state index contributed by atoms with van der Waals surface area (Å²) in [6.45, 7) is 8.87. The van der Waals surface area contributed by atoms with Gasteiger partial charge in [-0.2, -0.15) is 0 Å². The molecule has 6 aromatic rings. The van der Waals surface area contributed by atoms with Gasteiger partial charge in [-0.1, -0.05) is 113 Å². The highest BCUT2D eigenvalue weighted by atomic mass is 14.8. The van der Waals surface area contributed by atoms with Crippen LogP contribution in [0.1, 0.15) is 49.9 Å². The zero-order valence-corrected chi connectivity index (χ0v) is 22.8. The van der Waals surface area contributed by atoms with E-state index in [4.69, 9.17) is 9.98 Å². The molecule has 0 saturated carbocycles. The summed E-state index contributed by atoms with van der Waals surface area (Å²) in [5, 5.41) is 9.36. The van der Waals surface area contributed by atoms with Gasteiger partial charge < -0.3 is 0 Å². The first-order valence-electron chi connectivity index (χ1n) is 14.0. The largest absolute Gasteiger partial charge is 0.246 e. The van der Waals surface area contributed by atoms with Crippen molar-refractivity contribution in [3.63, 3.8) is 0 Å². The first kappa shape index (κ1) is 24.3. The third-order valence-corrected chi connectivity index (χ3v) is 8.00. The molecule has 0 aromatic heterocycles. The Labute approximate surface area is 224 Å². The Hall–Kier alpha value is -4.04. The van der Waals surface area contributed by atoms with Crippen molar-refractivity contribution in [2.24, 2.45) is 9.98 Å². The number of benzene rings is 6. The summed E-state index contributed by atoms with van der Waals surface area (Å²) in [7, 11) is 0. The molecule has 0 saturated heterocycles. The summed E-state index contributed by atoms with van der Waals surface area (Å²) in [5.74, 6) is 0. The fraction of sp³-hybridized carbons (Fsp3) is 0.222. The van der Waals surface area contributed by atoms with E-state index in [0.717, 1.165) is 47.8 Å². The molecule has 0 amide bonds. The van der Waals surface area contributed by atoms with E-state index < -0.39 is 0 Å². The van der Waals surface area contributed by atoms with E-state index in [1.807, 2.05) is 0 Å². The molecule has 6 rings (SSSR count). The van der Waals surface area contributed by atoms with Crippen LogP contribution in [0.15, 0.2) is 94.9 Å². The maximum Gasteiger partial charge on any atom is 0.0979 e. The van der Waals surface area contributed by atoms with E-state index in [9.17, 15) is 0 Å². The highest BCUT2D eigenvalue weighted by Crippen LogP contribution is 2.33. The fourth-order valence-corrected chi connectivity index (χ4v) is 5.97. The Morgan fingerprint density at radius 1 is 0.421 bits per heavy atom. The van der Waals surface area contributed by atoms with Crippen molar-refractivity contribution in [3.05, 3.63) is 118 Å². The van der Waals surface area contributed by atoms with Crippen LogP contribution in [0.2, 0.25) is 0 Å². The number of para-hydroxylation sites is 2. The zero-order chi connectivity index (χ0) is 26.2. The third kappa shape index (κ3) is 3.87. The minimum absolute atomic E-state index is 0.946. The van der Waals surface area contributed by atoms with Gasteiger partial charge in [0.25, 0.3) is 0 Å². The fourth-order valence-electron chi connectivity index (χ4n) is 5.97. The molecule has 0 bridgehead atoms. The van der Waals surface area contributed by atoms with Crippen molar-refractivity contribution in [1.29, 1.82) is 0 Å². The quantitative estimate of drug-likeness (QED) is 0.207. The molecule has 0 aliphatic rings. The van der Waals surface area contributed by atoms with Crippen LogP contribution in [-0.2, 0) is 25.7 Å². The first-order valence-corrected chi connectivity index (χ1v) is 14.0. The molecule has 0 aliphatic heterocycles. The Bertz CT molecular complexity index is 1730. The van der Waals surface area contributed by atoms with Crippen LogP contribution in [0.4, 0.5) is 11.4 Å². The van der Waals surface area contributed by atoms with Crippen molar-refractivity contribution >= 4 is 43.7 Å². The molecule has 0 unspecified atom stereocenters. The van der Waals surface area contributed by atoms with E-state index in [0.29, 0.717) is 0 Å². The molecule has 38 heavy (non-hydrogen) atoms. The average molecular weight is 495 g/mol. The maximum atomic E-state index is 5.55. The van der Waals surface area contributed by atoms with Crippen molar-refractivity contribution in [2.75, 3.05) is 0 Å². The lowest BCUT2D eigenvalue weighted by Gasteiger charge is -2.14. The molecule has 0 atom stereocenters. The van der Waals surface area contributed by atoms with E-state index in [1.54, 1.807) is 0 Å². The number of hydrogen-bond donors (Lipinski definition) is 0. The van der Waals surface area contributed by atoms with Gasteiger partial charge in [-0.15, -0.1) is 0 Å². The van der Waals surface area contributed by atoms with Crippen LogP contribution >= 0.6 is 0 Å². The minimum atomic E-state index is 0.946. The van der Waals surface area contributed by atoms with Gasteiger partial charge >= 0.3 is 0 Å². The molecule has 2 heteroatoms. The Kier molecular flexibility index (Phi) is 6.41. The molecule has 2 nitrogen and oxygen atoms in total. The first-order chi connectivity index (χ1) is 18.7. The topological polar surface area (TPSA) is 24.7 Å². The second kappa shape index (κ2) is 10.0. The van der Waals surface area contributed by atoms with Crippen molar-refractivity contribution in [2.45, 2.75) is 53.4 Å². The third-order valence-electron chi connectivity index (χ3n) is 8.00. The number of rotatable bonds is 6. The van der Waals surface area contributed by atoms with Gasteiger partial charge in [-0.3, -0.25) is 0 Å². The predicted molar refractivity (Wildman–Crippen MR) is 162 cm³/mol. The summed E-state index contributed by atoms with van der Waals surface area (Å²) in [5.41, 5.74) is 7.33. The molecule has 6 aromatic carbocycles. The van der Waals surface area contributed by atoms with E-state index in [2.05, 4.69) is 113 Å². The van der Waals surface area contributed by atoms with Crippen LogP contribution in [0.25, 0.3) is 32.3 Å². The van der Waals surface area contributed by atoms with Crippen LogP contribution in [-0.4, -0.2) is 0 Å². The lowest BCUT2D eigenvalue weighted by molar-refractivity contribution is 1.06. The molecule has 188 valence electrons. The highest BCUT2D eigenvalue weighted by molar-refractivity contribution is 6.22. The summed E-state index contributed by atoms with van der Waals surface area (Å²) >= 11 is 0.